The summed E-state index contributed by atoms with van der Waals surface area (Å²) in [6.07, 6.45) is 1.32. The van der Waals surface area contributed by atoms with Gasteiger partial charge in [-0.25, -0.2) is 4.79 Å². The Bertz CT molecular complexity index is 1550. The standard InChI is InChI=1S/C38H45N3O5/c1-25(30-15-8-7-9-16-30)40-35(43)33(37(2,3)4)41-34(42)31(32-36(44)46-38(5,6)45-32)17-11-12-26-18-20-27(21-19-26)22-28-13-10-14-29(23-28)24-39/h7-10,13-16,18-21,23,25,31-33H,11-12,17,22H2,1-6H3,(H,40,43)(H,41,42)/t25-,31-,32+,33-/m1/s1. The minimum Gasteiger partial charge on any atom is -0.432 e. The fraction of sp³-hybridized carbons (Fsp3) is 0.421. The van der Waals surface area contributed by atoms with Crippen molar-refractivity contribution in [3.05, 3.63) is 107 Å². The van der Waals surface area contributed by atoms with E-state index in [1.807, 2.05) is 76.2 Å². The lowest BCUT2D eigenvalue weighted by Crippen LogP contribution is -2.56. The Morgan fingerprint density at radius 3 is 2.20 bits per heavy atom. The fourth-order valence-electron chi connectivity index (χ4n) is 5.73. The predicted octanol–water partition coefficient (Wildman–Crippen LogP) is 6.17. The molecule has 0 aromatic heterocycles. The van der Waals surface area contributed by atoms with Crippen LogP contribution >= 0.6 is 0 Å². The largest absolute Gasteiger partial charge is 0.432 e. The van der Waals surface area contributed by atoms with Gasteiger partial charge in [0.05, 0.1) is 23.6 Å². The molecule has 0 radical (unpaired) electrons. The second kappa shape index (κ2) is 14.7. The molecule has 2 amide bonds. The van der Waals surface area contributed by atoms with Crippen LogP contribution in [-0.4, -0.2) is 35.7 Å². The molecule has 0 bridgehead atoms. The Hall–Kier alpha value is -4.48. The van der Waals surface area contributed by atoms with Crippen molar-refractivity contribution in [3.63, 3.8) is 0 Å². The molecule has 4 atom stereocenters. The number of nitrogens with one attached hydrogen (secondary N) is 2. The molecule has 3 aromatic carbocycles. The molecule has 8 nitrogen and oxygen atoms in total. The predicted molar refractivity (Wildman–Crippen MR) is 176 cm³/mol. The number of carbonyl (C=O) groups excluding carboxylic acids is 3. The van der Waals surface area contributed by atoms with Gasteiger partial charge in [0, 0.05) is 13.8 Å². The lowest BCUT2D eigenvalue weighted by molar-refractivity contribution is -0.162. The first kappa shape index (κ1) is 34.4. The SMILES string of the molecule is C[C@@H](NC(=O)[C@@H](NC(=O)[C@H](CCCc1ccc(Cc2cccc(C#N)c2)cc1)[C@@H]1OC(C)(C)OC1=O)C(C)(C)C)c1ccccc1. The second-order valence-electron chi connectivity index (χ2n) is 13.6. The normalized spacial score (nSPS) is 17.7. The number of esters is 1. The highest BCUT2D eigenvalue weighted by atomic mass is 16.8. The molecular formula is C38H45N3O5. The summed E-state index contributed by atoms with van der Waals surface area (Å²) in [6, 6.07) is 26.6. The zero-order valence-electron chi connectivity index (χ0n) is 27.6. The van der Waals surface area contributed by atoms with E-state index in [0.29, 0.717) is 24.8 Å². The number of carbonyl (C=O) groups is 3. The molecule has 3 aromatic rings. The van der Waals surface area contributed by atoms with Crippen molar-refractivity contribution in [3.8, 4) is 6.07 Å². The first-order valence-electron chi connectivity index (χ1n) is 15.9. The van der Waals surface area contributed by atoms with Crippen LogP contribution in [0, 0.1) is 22.7 Å². The van der Waals surface area contributed by atoms with Crippen LogP contribution in [0.1, 0.15) is 88.2 Å². The van der Waals surface area contributed by atoms with Crippen LogP contribution in [0.4, 0.5) is 0 Å². The zero-order chi connectivity index (χ0) is 33.5. The van der Waals surface area contributed by atoms with E-state index in [0.717, 1.165) is 28.7 Å². The molecule has 1 aliphatic rings. The highest BCUT2D eigenvalue weighted by Gasteiger charge is 2.48. The molecular weight excluding hydrogens is 578 g/mol. The highest BCUT2D eigenvalue weighted by molar-refractivity contribution is 5.92. The third-order valence-corrected chi connectivity index (χ3v) is 8.23. The third-order valence-electron chi connectivity index (χ3n) is 8.23. The Morgan fingerprint density at radius 2 is 1.59 bits per heavy atom. The molecule has 242 valence electrons. The van der Waals surface area contributed by atoms with Crippen LogP contribution in [0.2, 0.25) is 0 Å². The quantitative estimate of drug-likeness (QED) is 0.233. The summed E-state index contributed by atoms with van der Waals surface area (Å²) >= 11 is 0. The molecule has 8 heteroatoms. The van der Waals surface area contributed by atoms with E-state index < -0.39 is 41.1 Å². The number of hydrogen-bond acceptors (Lipinski definition) is 6. The van der Waals surface area contributed by atoms with E-state index in [4.69, 9.17) is 9.47 Å². The molecule has 0 saturated carbocycles. The summed E-state index contributed by atoms with van der Waals surface area (Å²) in [4.78, 5) is 40.3. The van der Waals surface area contributed by atoms with Gasteiger partial charge >= 0.3 is 5.97 Å². The number of nitriles is 1. The average Bonchev–Trinajstić information content (AvgIpc) is 3.29. The number of rotatable bonds is 12. The molecule has 1 aliphatic heterocycles. The first-order valence-corrected chi connectivity index (χ1v) is 15.9. The summed E-state index contributed by atoms with van der Waals surface area (Å²) in [7, 11) is 0. The maximum absolute atomic E-state index is 13.9. The lowest BCUT2D eigenvalue weighted by atomic mass is 9.84. The molecule has 0 aliphatic carbocycles. The third kappa shape index (κ3) is 9.27. The van der Waals surface area contributed by atoms with E-state index in [1.54, 1.807) is 19.9 Å². The number of cyclic esters (lactones) is 1. The van der Waals surface area contributed by atoms with Crippen molar-refractivity contribution < 1.29 is 23.9 Å². The van der Waals surface area contributed by atoms with Crippen molar-refractivity contribution in [1.82, 2.24) is 10.6 Å². The number of hydrogen-bond donors (Lipinski definition) is 2. The first-order chi connectivity index (χ1) is 21.8. The van der Waals surface area contributed by atoms with Crippen LogP contribution in [0.5, 0.6) is 0 Å². The number of benzene rings is 3. The molecule has 0 unspecified atom stereocenters. The molecule has 1 heterocycles. The Labute approximate surface area is 272 Å². The highest BCUT2D eigenvalue weighted by Crippen LogP contribution is 2.32. The molecule has 0 spiro atoms. The molecule has 2 N–H and O–H groups in total. The van der Waals surface area contributed by atoms with Crippen LogP contribution in [0.15, 0.2) is 78.9 Å². The number of nitrogens with zero attached hydrogens (tertiary/aromatic N) is 1. The maximum Gasteiger partial charge on any atom is 0.338 e. The van der Waals surface area contributed by atoms with Gasteiger partial charge in [0.1, 0.15) is 6.04 Å². The van der Waals surface area contributed by atoms with Crippen LogP contribution < -0.4 is 10.6 Å². The summed E-state index contributed by atoms with van der Waals surface area (Å²) in [5.74, 6) is -3.29. The van der Waals surface area contributed by atoms with Gasteiger partial charge in [-0.05, 0) is 72.4 Å². The van der Waals surface area contributed by atoms with Gasteiger partial charge in [-0.2, -0.15) is 5.26 Å². The summed E-state index contributed by atoms with van der Waals surface area (Å²) < 4.78 is 11.3. The van der Waals surface area contributed by atoms with Crippen LogP contribution in [-0.2, 0) is 36.7 Å². The van der Waals surface area contributed by atoms with Gasteiger partial charge in [0.15, 0.2) is 6.10 Å². The van der Waals surface area contributed by atoms with E-state index >= 15 is 0 Å². The van der Waals surface area contributed by atoms with E-state index in [-0.39, 0.29) is 11.9 Å². The Kier molecular flexibility index (Phi) is 11.0. The minimum absolute atomic E-state index is 0.255. The average molecular weight is 624 g/mol. The fourth-order valence-corrected chi connectivity index (χ4v) is 5.73. The summed E-state index contributed by atoms with van der Waals surface area (Å²) in [5, 5.41) is 15.2. The van der Waals surface area contributed by atoms with Crippen molar-refractivity contribution in [2.24, 2.45) is 11.3 Å². The number of amides is 2. The minimum atomic E-state index is -1.14. The lowest BCUT2D eigenvalue weighted by Gasteiger charge is -2.33. The van der Waals surface area contributed by atoms with Gasteiger partial charge in [-0.3, -0.25) is 9.59 Å². The van der Waals surface area contributed by atoms with Gasteiger partial charge in [0.2, 0.25) is 17.6 Å². The number of aryl methyl sites for hydroxylation is 1. The van der Waals surface area contributed by atoms with Crippen molar-refractivity contribution in [2.75, 3.05) is 0 Å². The Morgan fingerprint density at radius 1 is 0.913 bits per heavy atom. The topological polar surface area (TPSA) is 118 Å². The smallest absolute Gasteiger partial charge is 0.338 e. The molecule has 4 rings (SSSR count). The zero-order valence-corrected chi connectivity index (χ0v) is 27.6. The van der Waals surface area contributed by atoms with E-state index in [2.05, 4.69) is 41.0 Å². The monoisotopic (exact) mass is 623 g/mol. The number of ether oxygens (including phenoxy) is 2. The van der Waals surface area contributed by atoms with Crippen molar-refractivity contribution >= 4 is 17.8 Å². The Balaban J connectivity index is 1.44. The van der Waals surface area contributed by atoms with Crippen LogP contribution in [0.3, 0.4) is 0 Å². The van der Waals surface area contributed by atoms with E-state index in [9.17, 15) is 19.6 Å². The van der Waals surface area contributed by atoms with Crippen molar-refractivity contribution in [1.29, 1.82) is 5.26 Å². The molecule has 1 saturated heterocycles. The van der Waals surface area contributed by atoms with Gasteiger partial charge < -0.3 is 20.1 Å². The summed E-state index contributed by atoms with van der Waals surface area (Å²) in [5.41, 5.74) is 4.30. The van der Waals surface area contributed by atoms with Gasteiger partial charge in [-0.15, -0.1) is 0 Å². The van der Waals surface area contributed by atoms with Crippen molar-refractivity contribution in [2.45, 2.75) is 91.2 Å². The van der Waals surface area contributed by atoms with Gasteiger partial charge in [0.25, 0.3) is 0 Å². The summed E-state index contributed by atoms with van der Waals surface area (Å²) in [6.45, 7) is 10.9. The second-order valence-corrected chi connectivity index (χ2v) is 13.6. The maximum atomic E-state index is 13.9. The van der Waals surface area contributed by atoms with Gasteiger partial charge in [-0.1, -0.05) is 87.5 Å². The molecule has 1 fully saturated rings. The molecule has 46 heavy (non-hydrogen) atoms. The van der Waals surface area contributed by atoms with E-state index in [1.165, 1.54) is 0 Å². The van der Waals surface area contributed by atoms with Crippen LogP contribution in [0.25, 0.3) is 0 Å².